The van der Waals surface area contributed by atoms with Gasteiger partial charge in [0.25, 0.3) is 0 Å². The summed E-state index contributed by atoms with van der Waals surface area (Å²) in [4.78, 5) is 37.6. The molecule has 0 heterocycles. The molecule has 0 aromatic heterocycles. The van der Waals surface area contributed by atoms with Gasteiger partial charge in [0.2, 0.25) is 5.91 Å². The Kier molecular flexibility index (Phi) is 51.5. The molecule has 0 aromatic rings. The van der Waals surface area contributed by atoms with Crippen LogP contribution in [0.2, 0.25) is 0 Å². The monoisotopic (exact) mass is 1060 g/mol. The standard InChI is InChI=1S/C64H115N2O7P/c1-7-10-13-16-19-22-25-27-29-30-31-32-33-34-35-36-37-38-41-44-47-50-53-56-63(67)65-61(60-72-74(69,70)71-59-58-66(4,5)6)62(55-52-49-46-43-40-24-21-18-15-12-9-3)73-64(68)57-54-51-48-45-42-39-28-26-23-20-17-14-11-8-2/h11,14,19-20,22-23,27,29,31-32,34-35,52,55,61-62H,7-10,12-13,15-18,21,24-26,28,30,33,36-51,53-54,56-60H2,1-6H3,(H-,65,67,69,70)/p+1/b14-11+,22-19-,23-20+,29-27-,32-31-,35-34-,55-52-. The van der Waals surface area contributed by atoms with Crippen molar-refractivity contribution in [1.82, 2.24) is 5.32 Å². The molecule has 0 aliphatic carbocycles. The number of nitrogens with one attached hydrogen (secondary N) is 1. The average molecular weight is 1060 g/mol. The number of hydrogen-bond acceptors (Lipinski definition) is 6. The van der Waals surface area contributed by atoms with E-state index in [0.717, 1.165) is 116 Å². The van der Waals surface area contributed by atoms with E-state index >= 15 is 0 Å². The minimum atomic E-state index is -4.45. The molecule has 74 heavy (non-hydrogen) atoms. The number of phosphoric acid groups is 1. The molecule has 0 aliphatic rings. The van der Waals surface area contributed by atoms with E-state index in [1.165, 1.54) is 109 Å². The highest BCUT2D eigenvalue weighted by molar-refractivity contribution is 7.47. The van der Waals surface area contributed by atoms with Crippen LogP contribution in [0.25, 0.3) is 0 Å². The minimum Gasteiger partial charge on any atom is -0.456 e. The van der Waals surface area contributed by atoms with Crippen molar-refractivity contribution in [3.8, 4) is 0 Å². The van der Waals surface area contributed by atoms with E-state index in [-0.39, 0.29) is 31.5 Å². The molecule has 0 saturated carbocycles. The normalized spacial score (nSPS) is 14.3. The van der Waals surface area contributed by atoms with Gasteiger partial charge in [0.15, 0.2) is 0 Å². The van der Waals surface area contributed by atoms with E-state index in [9.17, 15) is 19.0 Å². The zero-order chi connectivity index (χ0) is 54.3. The largest absolute Gasteiger partial charge is 0.472 e. The second-order valence-electron chi connectivity index (χ2n) is 21.5. The molecule has 0 aliphatic heterocycles. The van der Waals surface area contributed by atoms with Crippen LogP contribution in [0.4, 0.5) is 0 Å². The van der Waals surface area contributed by atoms with Gasteiger partial charge in [-0.25, -0.2) is 4.57 Å². The molecule has 0 radical (unpaired) electrons. The fourth-order valence-corrected chi connectivity index (χ4v) is 9.11. The highest BCUT2D eigenvalue weighted by Gasteiger charge is 2.30. The molecule has 10 heteroatoms. The number of rotatable bonds is 54. The van der Waals surface area contributed by atoms with Crippen molar-refractivity contribution in [2.75, 3.05) is 40.9 Å². The maximum atomic E-state index is 13.5. The van der Waals surface area contributed by atoms with Crippen LogP contribution in [0, 0.1) is 0 Å². The lowest BCUT2D eigenvalue weighted by Crippen LogP contribution is -2.47. The first-order chi connectivity index (χ1) is 35.9. The van der Waals surface area contributed by atoms with Crippen LogP contribution in [0.3, 0.4) is 0 Å². The number of unbranched alkanes of at least 4 members (excludes halogenated alkanes) is 26. The number of nitrogens with zero attached hydrogens (tertiary/aromatic N) is 1. The van der Waals surface area contributed by atoms with Crippen molar-refractivity contribution in [1.29, 1.82) is 0 Å². The second-order valence-corrected chi connectivity index (χ2v) is 22.9. The predicted octanol–water partition coefficient (Wildman–Crippen LogP) is 18.6. The molecule has 3 atom stereocenters. The molecule has 2 N–H and O–H groups in total. The van der Waals surface area contributed by atoms with Gasteiger partial charge in [-0.15, -0.1) is 0 Å². The van der Waals surface area contributed by atoms with Gasteiger partial charge in [-0.2, -0.15) is 0 Å². The summed E-state index contributed by atoms with van der Waals surface area (Å²) in [5.74, 6) is -0.530. The summed E-state index contributed by atoms with van der Waals surface area (Å²) in [6.07, 6.45) is 70.1. The Morgan fingerprint density at radius 2 is 0.865 bits per heavy atom. The van der Waals surface area contributed by atoms with E-state index in [1.807, 2.05) is 33.3 Å². The van der Waals surface area contributed by atoms with E-state index in [4.69, 9.17) is 13.8 Å². The summed E-state index contributed by atoms with van der Waals surface area (Å²) in [6, 6.07) is -0.861. The predicted molar refractivity (Wildman–Crippen MR) is 318 cm³/mol. The number of esters is 1. The van der Waals surface area contributed by atoms with E-state index in [2.05, 4.69) is 99.0 Å². The maximum absolute atomic E-state index is 13.5. The third kappa shape index (κ3) is 54.0. The molecular weight excluding hydrogens is 940 g/mol. The second kappa shape index (κ2) is 53.6. The lowest BCUT2D eigenvalue weighted by molar-refractivity contribution is -0.870. The quantitative estimate of drug-likeness (QED) is 0.0205. The number of ether oxygens (including phenoxy) is 1. The van der Waals surface area contributed by atoms with E-state index in [0.29, 0.717) is 17.4 Å². The van der Waals surface area contributed by atoms with Crippen LogP contribution in [-0.4, -0.2) is 74.3 Å². The average Bonchev–Trinajstić information content (AvgIpc) is 3.36. The summed E-state index contributed by atoms with van der Waals surface area (Å²) in [5, 5.41) is 3.04. The molecule has 0 rings (SSSR count). The third-order valence-electron chi connectivity index (χ3n) is 13.1. The Hall–Kier alpha value is -2.81. The zero-order valence-corrected chi connectivity index (χ0v) is 49.7. The summed E-state index contributed by atoms with van der Waals surface area (Å²) in [6.45, 7) is 6.85. The van der Waals surface area contributed by atoms with Gasteiger partial charge in [0, 0.05) is 12.8 Å². The lowest BCUT2D eigenvalue weighted by Gasteiger charge is -2.27. The molecule has 428 valence electrons. The fraction of sp³-hybridized carbons (Fsp3) is 0.750. The van der Waals surface area contributed by atoms with Gasteiger partial charge >= 0.3 is 13.8 Å². The van der Waals surface area contributed by atoms with Gasteiger partial charge in [0.1, 0.15) is 19.3 Å². The van der Waals surface area contributed by atoms with Crippen molar-refractivity contribution in [2.24, 2.45) is 0 Å². The number of quaternary nitrogens is 1. The Bertz CT molecular complexity index is 1540. The fourth-order valence-electron chi connectivity index (χ4n) is 8.37. The molecular formula is C64H116N2O7P+. The van der Waals surface area contributed by atoms with Crippen LogP contribution in [0.1, 0.15) is 258 Å². The highest BCUT2D eigenvalue weighted by Crippen LogP contribution is 2.43. The molecule has 0 saturated heterocycles. The molecule has 0 aromatic carbocycles. The van der Waals surface area contributed by atoms with Crippen LogP contribution in [0.15, 0.2) is 85.1 Å². The van der Waals surface area contributed by atoms with Crippen molar-refractivity contribution in [3.05, 3.63) is 85.1 Å². The van der Waals surface area contributed by atoms with Crippen LogP contribution in [-0.2, 0) is 27.9 Å². The molecule has 0 bridgehead atoms. The van der Waals surface area contributed by atoms with Gasteiger partial charge < -0.3 is 19.4 Å². The lowest BCUT2D eigenvalue weighted by atomic mass is 10.1. The van der Waals surface area contributed by atoms with Crippen LogP contribution >= 0.6 is 7.82 Å². The topological polar surface area (TPSA) is 111 Å². The number of amides is 1. The van der Waals surface area contributed by atoms with Gasteiger partial charge in [-0.05, 0) is 102 Å². The Balaban J connectivity index is 5.22. The Morgan fingerprint density at radius 1 is 0.486 bits per heavy atom. The van der Waals surface area contributed by atoms with Gasteiger partial charge in [0.05, 0.1) is 33.8 Å². The number of carbonyl (C=O) groups is 2. The number of carbonyl (C=O) groups excluding carboxylic acids is 2. The molecule has 3 unspecified atom stereocenters. The van der Waals surface area contributed by atoms with Crippen LogP contribution in [0.5, 0.6) is 0 Å². The van der Waals surface area contributed by atoms with Crippen LogP contribution < -0.4 is 5.32 Å². The first-order valence-electron chi connectivity index (χ1n) is 30.4. The molecule has 0 spiro atoms. The van der Waals surface area contributed by atoms with Crippen molar-refractivity contribution in [3.63, 3.8) is 0 Å². The zero-order valence-electron chi connectivity index (χ0n) is 48.8. The van der Waals surface area contributed by atoms with Gasteiger partial charge in [-0.3, -0.25) is 18.6 Å². The first-order valence-corrected chi connectivity index (χ1v) is 31.9. The van der Waals surface area contributed by atoms with E-state index in [1.54, 1.807) is 0 Å². The summed E-state index contributed by atoms with van der Waals surface area (Å²) < 4.78 is 30.6. The molecule has 9 nitrogen and oxygen atoms in total. The highest BCUT2D eigenvalue weighted by atomic mass is 31.2. The molecule has 0 fully saturated rings. The smallest absolute Gasteiger partial charge is 0.456 e. The number of phosphoric ester groups is 1. The molecule has 1 amide bonds. The number of likely N-dealkylation sites (N-methyl/N-ethyl adjacent to an activating group) is 1. The number of allylic oxidation sites excluding steroid dienone is 13. The SMILES string of the molecule is CC/C=C/C/C=C/CCCCCCCCCC(=O)OC(/C=C\CCCCCCCCCCC)C(COP(=O)(O)OCC[N+](C)(C)C)NC(=O)CCCCCCCCC/C=C\C/C=C\C/C=C\C/C=C\CCCCC. The Labute approximate surface area is 456 Å². The maximum Gasteiger partial charge on any atom is 0.472 e. The van der Waals surface area contributed by atoms with Gasteiger partial charge in [-0.1, -0.05) is 228 Å². The van der Waals surface area contributed by atoms with Crippen molar-refractivity contribution < 1.29 is 37.3 Å². The minimum absolute atomic E-state index is 0.0330. The first kappa shape index (κ1) is 71.2. The number of hydrogen-bond donors (Lipinski definition) is 2. The summed E-state index contributed by atoms with van der Waals surface area (Å²) >= 11 is 0. The van der Waals surface area contributed by atoms with Crippen molar-refractivity contribution >= 4 is 19.7 Å². The third-order valence-corrected chi connectivity index (χ3v) is 14.1. The van der Waals surface area contributed by atoms with Crippen molar-refractivity contribution in [2.45, 2.75) is 270 Å². The Morgan fingerprint density at radius 3 is 1.32 bits per heavy atom. The summed E-state index contributed by atoms with van der Waals surface area (Å²) in [7, 11) is 1.47. The van der Waals surface area contributed by atoms with E-state index < -0.39 is 20.0 Å². The summed E-state index contributed by atoms with van der Waals surface area (Å²) in [5.41, 5.74) is 0.